The molecule has 2 aliphatic carbocycles. The molecule has 5 rings (SSSR count). The number of nitrogen functional groups attached to an aromatic ring is 1. The van der Waals surface area contributed by atoms with Crippen LogP contribution in [0.15, 0.2) is 18.5 Å². The maximum atomic E-state index is 12.4. The van der Waals surface area contributed by atoms with Gasteiger partial charge in [0, 0.05) is 6.42 Å². The molecule has 3 fully saturated rings. The van der Waals surface area contributed by atoms with Crippen LogP contribution in [0.2, 0.25) is 0 Å². The van der Waals surface area contributed by atoms with Crippen molar-refractivity contribution in [1.29, 1.82) is 0 Å². The highest BCUT2D eigenvalue weighted by Gasteiger charge is 2.38. The molecule has 2 atom stereocenters. The van der Waals surface area contributed by atoms with E-state index in [4.69, 9.17) is 15.2 Å². The first kappa shape index (κ1) is 19.8. The quantitative estimate of drug-likeness (QED) is 0.740. The lowest BCUT2D eigenvalue weighted by Crippen LogP contribution is -2.27. The number of hydrogen-bond donors (Lipinski definition) is 1. The molecule has 0 amide bonds. The Kier molecular flexibility index (Phi) is 5.39. The van der Waals surface area contributed by atoms with Crippen LogP contribution in [-0.2, 0) is 14.3 Å². The largest absolute Gasteiger partial charge is 0.463 e. The van der Waals surface area contributed by atoms with Crippen molar-refractivity contribution in [3.8, 4) is 0 Å². The number of aromatic nitrogens is 3. The Morgan fingerprint density at radius 3 is 2.77 bits per heavy atom. The summed E-state index contributed by atoms with van der Waals surface area (Å²) in [6.45, 7) is 0.340. The monoisotopic (exact) mass is 412 g/mol. The average Bonchev–Trinajstić information content (AvgIpc) is 3.48. The van der Waals surface area contributed by atoms with Gasteiger partial charge in [-0.25, -0.2) is 9.50 Å². The van der Waals surface area contributed by atoms with Crippen LogP contribution in [0.25, 0.3) is 5.52 Å². The molecule has 2 N–H and O–H groups in total. The summed E-state index contributed by atoms with van der Waals surface area (Å²) < 4.78 is 13.6. The van der Waals surface area contributed by atoms with Gasteiger partial charge in [0.1, 0.15) is 24.6 Å². The van der Waals surface area contributed by atoms with E-state index in [-0.39, 0.29) is 18.2 Å². The van der Waals surface area contributed by atoms with Gasteiger partial charge < -0.3 is 15.2 Å². The fourth-order valence-corrected chi connectivity index (χ4v) is 5.86. The SMILES string of the molecule is Nc1ncnn2c(C3CCC(COC(=O)CC4CCC5(CCCC5)CC4)O3)ccc12. The molecule has 7 nitrogen and oxygen atoms in total. The maximum absolute atomic E-state index is 12.4. The molecule has 2 unspecified atom stereocenters. The number of nitrogens with zero attached hydrogens (tertiary/aromatic N) is 3. The van der Waals surface area contributed by atoms with E-state index in [2.05, 4.69) is 10.1 Å². The Bertz CT molecular complexity index is 895. The molecule has 3 heterocycles. The third kappa shape index (κ3) is 3.92. The molecule has 2 aromatic rings. The van der Waals surface area contributed by atoms with Gasteiger partial charge in [0.15, 0.2) is 5.82 Å². The topological polar surface area (TPSA) is 91.7 Å². The van der Waals surface area contributed by atoms with Crippen molar-refractivity contribution in [3.05, 3.63) is 24.2 Å². The number of anilines is 1. The maximum Gasteiger partial charge on any atom is 0.306 e. The smallest absolute Gasteiger partial charge is 0.306 e. The number of nitrogens with two attached hydrogens (primary N) is 1. The summed E-state index contributed by atoms with van der Waals surface area (Å²) in [6.07, 6.45) is 14.2. The first-order valence-corrected chi connectivity index (χ1v) is 11.5. The number of esters is 1. The predicted molar refractivity (Wildman–Crippen MR) is 113 cm³/mol. The van der Waals surface area contributed by atoms with Crippen molar-refractivity contribution in [2.45, 2.75) is 82.8 Å². The van der Waals surface area contributed by atoms with Crippen LogP contribution in [-0.4, -0.2) is 33.3 Å². The zero-order chi connectivity index (χ0) is 20.6. The van der Waals surface area contributed by atoms with Gasteiger partial charge >= 0.3 is 5.97 Å². The van der Waals surface area contributed by atoms with E-state index in [9.17, 15) is 4.79 Å². The van der Waals surface area contributed by atoms with E-state index in [0.717, 1.165) is 24.1 Å². The third-order valence-electron chi connectivity index (χ3n) is 7.66. The summed E-state index contributed by atoms with van der Waals surface area (Å²) in [5.41, 5.74) is 8.29. The number of carbonyl (C=O) groups is 1. The molecule has 0 radical (unpaired) electrons. The highest BCUT2D eigenvalue weighted by Crippen LogP contribution is 2.50. The van der Waals surface area contributed by atoms with Gasteiger partial charge in [0.2, 0.25) is 0 Å². The third-order valence-corrected chi connectivity index (χ3v) is 7.66. The van der Waals surface area contributed by atoms with Crippen LogP contribution in [0.5, 0.6) is 0 Å². The Hall–Kier alpha value is -2.15. The normalized spacial score (nSPS) is 26.5. The minimum atomic E-state index is -0.0666. The lowest BCUT2D eigenvalue weighted by molar-refractivity contribution is -0.149. The van der Waals surface area contributed by atoms with E-state index in [1.165, 1.54) is 57.7 Å². The number of hydrogen-bond acceptors (Lipinski definition) is 6. The molecule has 0 aromatic carbocycles. The van der Waals surface area contributed by atoms with Crippen LogP contribution in [0.3, 0.4) is 0 Å². The van der Waals surface area contributed by atoms with E-state index in [1.807, 2.05) is 12.1 Å². The second kappa shape index (κ2) is 8.17. The standard InChI is InChI=1S/C23H32N4O3/c24-22-19-5-4-18(27(19)26-15-25-22)20-6-3-17(30-20)14-29-21(28)13-16-7-11-23(12-8-16)9-1-2-10-23/h4-5,15-17,20H,1-3,6-14H2,(H2,24,25,26). The molecular weight excluding hydrogens is 380 g/mol. The van der Waals surface area contributed by atoms with Crippen molar-refractivity contribution >= 4 is 17.3 Å². The first-order valence-electron chi connectivity index (χ1n) is 11.5. The van der Waals surface area contributed by atoms with Crippen LogP contribution < -0.4 is 5.73 Å². The molecule has 1 spiro atoms. The summed E-state index contributed by atoms with van der Waals surface area (Å²) in [5, 5.41) is 4.30. The molecule has 30 heavy (non-hydrogen) atoms. The van der Waals surface area contributed by atoms with Gasteiger partial charge in [-0.05, 0) is 74.8 Å². The summed E-state index contributed by atoms with van der Waals surface area (Å²) in [5.74, 6) is 0.891. The lowest BCUT2D eigenvalue weighted by Gasteiger charge is -2.37. The predicted octanol–water partition coefficient (Wildman–Crippen LogP) is 4.22. The van der Waals surface area contributed by atoms with Crippen molar-refractivity contribution in [3.63, 3.8) is 0 Å². The average molecular weight is 413 g/mol. The number of fused-ring (bicyclic) bond motifs is 1. The Morgan fingerprint density at radius 2 is 1.97 bits per heavy atom. The van der Waals surface area contributed by atoms with Gasteiger partial charge in [-0.3, -0.25) is 4.79 Å². The van der Waals surface area contributed by atoms with Gasteiger partial charge in [-0.2, -0.15) is 5.10 Å². The minimum absolute atomic E-state index is 0.0585. The Labute approximate surface area is 177 Å². The van der Waals surface area contributed by atoms with Crippen LogP contribution >= 0.6 is 0 Å². The van der Waals surface area contributed by atoms with Gasteiger partial charge in [0.25, 0.3) is 0 Å². The van der Waals surface area contributed by atoms with E-state index < -0.39 is 0 Å². The second-order valence-electron chi connectivity index (χ2n) is 9.56. The van der Waals surface area contributed by atoms with Crippen molar-refractivity contribution in [1.82, 2.24) is 14.6 Å². The molecule has 7 heteroatoms. The number of ether oxygens (including phenoxy) is 2. The van der Waals surface area contributed by atoms with Crippen molar-refractivity contribution in [2.75, 3.05) is 12.3 Å². The summed E-state index contributed by atoms with van der Waals surface area (Å²) in [7, 11) is 0. The highest BCUT2D eigenvalue weighted by atomic mass is 16.6. The molecular formula is C23H32N4O3. The summed E-state index contributed by atoms with van der Waals surface area (Å²) in [4.78, 5) is 16.4. The Morgan fingerprint density at radius 1 is 1.17 bits per heavy atom. The molecule has 162 valence electrons. The zero-order valence-electron chi connectivity index (χ0n) is 17.6. The minimum Gasteiger partial charge on any atom is -0.463 e. The number of rotatable bonds is 5. The van der Waals surface area contributed by atoms with E-state index >= 15 is 0 Å². The highest BCUT2D eigenvalue weighted by molar-refractivity contribution is 5.69. The fraction of sp³-hybridized carbons (Fsp3) is 0.696. The second-order valence-corrected chi connectivity index (χ2v) is 9.56. The Balaban J connectivity index is 1.08. The van der Waals surface area contributed by atoms with Crippen LogP contribution in [0.4, 0.5) is 5.82 Å². The number of carbonyl (C=O) groups excluding carboxylic acids is 1. The van der Waals surface area contributed by atoms with E-state index in [0.29, 0.717) is 30.2 Å². The molecule has 3 aliphatic rings. The molecule has 2 aromatic heterocycles. The van der Waals surface area contributed by atoms with Crippen molar-refractivity contribution in [2.24, 2.45) is 11.3 Å². The first-order chi connectivity index (χ1) is 14.6. The molecule has 0 bridgehead atoms. The van der Waals surface area contributed by atoms with Crippen molar-refractivity contribution < 1.29 is 14.3 Å². The summed E-state index contributed by atoms with van der Waals surface area (Å²) in [6, 6.07) is 3.90. The molecule has 1 saturated heterocycles. The van der Waals surface area contributed by atoms with Crippen LogP contribution in [0, 0.1) is 11.3 Å². The van der Waals surface area contributed by atoms with Gasteiger partial charge in [-0.15, -0.1) is 0 Å². The van der Waals surface area contributed by atoms with Gasteiger partial charge in [-0.1, -0.05) is 12.8 Å². The zero-order valence-corrected chi connectivity index (χ0v) is 17.6. The van der Waals surface area contributed by atoms with Crippen LogP contribution in [0.1, 0.15) is 82.4 Å². The summed E-state index contributed by atoms with van der Waals surface area (Å²) >= 11 is 0. The van der Waals surface area contributed by atoms with E-state index in [1.54, 1.807) is 4.52 Å². The molecule has 2 saturated carbocycles. The fourth-order valence-electron chi connectivity index (χ4n) is 5.86. The van der Waals surface area contributed by atoms with Gasteiger partial charge in [0.05, 0.1) is 11.8 Å². The molecule has 1 aliphatic heterocycles. The lowest BCUT2D eigenvalue weighted by atomic mass is 9.69.